The van der Waals surface area contributed by atoms with Crippen molar-refractivity contribution in [3.8, 4) is 5.75 Å². The van der Waals surface area contributed by atoms with Crippen LogP contribution in [-0.2, 0) is 0 Å². The number of benzene rings is 1. The number of rotatable bonds is 5. The number of anilines is 3. The molecule has 2 aromatic rings. The number of nitrogen functional groups attached to an aromatic ring is 1. The van der Waals surface area contributed by atoms with Crippen LogP contribution in [0.25, 0.3) is 0 Å². The highest BCUT2D eigenvalue weighted by atomic mass is 19.3. The van der Waals surface area contributed by atoms with Gasteiger partial charge in [0, 0.05) is 17.4 Å². The number of hydrogen-bond donors (Lipinski definition) is 3. The summed E-state index contributed by atoms with van der Waals surface area (Å²) < 4.78 is 28.3. The second-order valence-corrected chi connectivity index (χ2v) is 3.89. The molecule has 0 unspecified atom stereocenters. The zero-order chi connectivity index (χ0) is 14.5. The Kier molecular flexibility index (Phi) is 4.26. The van der Waals surface area contributed by atoms with Gasteiger partial charge in [0.15, 0.2) is 0 Å². The lowest BCUT2D eigenvalue weighted by atomic mass is 10.3. The molecule has 0 aliphatic rings. The van der Waals surface area contributed by atoms with Crippen molar-refractivity contribution in [1.29, 1.82) is 0 Å². The standard InChI is InChI=1S/C12H13F2N5O/c1-7-6-10(18-12(16-7)19-15)17-8-2-4-9(5-3-8)20-11(13)14/h2-6,11H,15H2,1H3,(H2,16,17,18,19). The summed E-state index contributed by atoms with van der Waals surface area (Å²) in [6, 6.07) is 7.80. The normalized spacial score (nSPS) is 10.4. The molecular formula is C12H13F2N5O. The second-order valence-electron chi connectivity index (χ2n) is 3.89. The molecule has 0 amide bonds. The lowest BCUT2D eigenvalue weighted by Gasteiger charge is -2.09. The molecule has 0 fully saturated rings. The molecule has 0 saturated carbocycles. The molecular weight excluding hydrogens is 268 g/mol. The number of nitrogens with zero attached hydrogens (tertiary/aromatic N) is 2. The molecule has 2 rings (SSSR count). The molecule has 1 aromatic heterocycles. The predicted octanol–water partition coefficient (Wildman–Crippen LogP) is 2.42. The summed E-state index contributed by atoms with van der Waals surface area (Å²) in [4.78, 5) is 8.16. The van der Waals surface area contributed by atoms with Crippen molar-refractivity contribution in [2.24, 2.45) is 5.84 Å². The van der Waals surface area contributed by atoms with E-state index in [1.54, 1.807) is 25.1 Å². The lowest BCUT2D eigenvalue weighted by Crippen LogP contribution is -2.11. The van der Waals surface area contributed by atoms with E-state index in [1.807, 2.05) is 0 Å². The Hall–Kier alpha value is -2.48. The first-order valence-corrected chi connectivity index (χ1v) is 5.71. The van der Waals surface area contributed by atoms with E-state index in [1.165, 1.54) is 12.1 Å². The molecule has 20 heavy (non-hydrogen) atoms. The first kappa shape index (κ1) is 13.9. The maximum atomic E-state index is 12.0. The Balaban J connectivity index is 2.11. The quantitative estimate of drug-likeness (QED) is 0.576. The maximum Gasteiger partial charge on any atom is 0.387 e. The number of hydrogen-bond acceptors (Lipinski definition) is 6. The van der Waals surface area contributed by atoms with Crippen LogP contribution >= 0.6 is 0 Å². The van der Waals surface area contributed by atoms with Gasteiger partial charge in [0.25, 0.3) is 0 Å². The molecule has 0 aliphatic carbocycles. The minimum absolute atomic E-state index is 0.0914. The van der Waals surface area contributed by atoms with Crippen molar-refractivity contribution in [3.63, 3.8) is 0 Å². The molecule has 0 atom stereocenters. The Labute approximate surface area is 114 Å². The van der Waals surface area contributed by atoms with Gasteiger partial charge < -0.3 is 10.1 Å². The molecule has 1 aromatic carbocycles. The average Bonchev–Trinajstić information content (AvgIpc) is 2.39. The van der Waals surface area contributed by atoms with Gasteiger partial charge in [0.05, 0.1) is 0 Å². The molecule has 0 aliphatic heterocycles. The van der Waals surface area contributed by atoms with E-state index in [0.717, 1.165) is 5.69 Å². The van der Waals surface area contributed by atoms with Gasteiger partial charge in [-0.3, -0.25) is 5.43 Å². The summed E-state index contributed by atoms with van der Waals surface area (Å²) in [5, 5.41) is 3.01. The van der Waals surface area contributed by atoms with Gasteiger partial charge in [-0.25, -0.2) is 10.8 Å². The minimum Gasteiger partial charge on any atom is -0.435 e. The number of halogens is 2. The zero-order valence-electron chi connectivity index (χ0n) is 10.6. The van der Waals surface area contributed by atoms with Crippen LogP contribution in [0, 0.1) is 6.92 Å². The fourth-order valence-corrected chi connectivity index (χ4v) is 1.56. The van der Waals surface area contributed by atoms with Gasteiger partial charge in [-0.2, -0.15) is 13.8 Å². The van der Waals surface area contributed by atoms with Gasteiger partial charge in [-0.1, -0.05) is 0 Å². The Morgan fingerprint density at radius 2 is 1.90 bits per heavy atom. The molecule has 4 N–H and O–H groups in total. The van der Waals surface area contributed by atoms with Crippen LogP contribution < -0.4 is 21.3 Å². The summed E-state index contributed by atoms with van der Waals surface area (Å²) in [6.45, 7) is -1.04. The van der Waals surface area contributed by atoms with Crippen LogP contribution in [0.1, 0.15) is 5.69 Å². The Morgan fingerprint density at radius 3 is 2.50 bits per heavy atom. The highest BCUT2D eigenvalue weighted by Gasteiger charge is 2.05. The molecule has 6 nitrogen and oxygen atoms in total. The first-order chi connectivity index (χ1) is 9.56. The van der Waals surface area contributed by atoms with Crippen molar-refractivity contribution in [2.75, 3.05) is 10.7 Å². The highest BCUT2D eigenvalue weighted by Crippen LogP contribution is 2.21. The van der Waals surface area contributed by atoms with Gasteiger partial charge >= 0.3 is 6.61 Å². The summed E-state index contributed by atoms with van der Waals surface area (Å²) in [5.41, 5.74) is 3.76. The van der Waals surface area contributed by atoms with Gasteiger partial charge in [0.1, 0.15) is 11.6 Å². The predicted molar refractivity (Wildman–Crippen MR) is 70.9 cm³/mol. The SMILES string of the molecule is Cc1cc(Nc2ccc(OC(F)F)cc2)nc(NN)n1. The minimum atomic E-state index is -2.84. The van der Waals surface area contributed by atoms with Crippen molar-refractivity contribution >= 4 is 17.5 Å². The number of hydrazine groups is 1. The number of aromatic nitrogens is 2. The number of ether oxygens (including phenoxy) is 1. The monoisotopic (exact) mass is 281 g/mol. The van der Waals surface area contributed by atoms with Crippen LogP contribution in [0.15, 0.2) is 30.3 Å². The number of nitrogens with two attached hydrogens (primary N) is 1. The molecule has 0 spiro atoms. The Morgan fingerprint density at radius 1 is 1.20 bits per heavy atom. The summed E-state index contributed by atoms with van der Waals surface area (Å²) in [5.74, 6) is 6.17. The highest BCUT2D eigenvalue weighted by molar-refractivity contribution is 5.58. The first-order valence-electron chi connectivity index (χ1n) is 5.71. The topological polar surface area (TPSA) is 85.1 Å². The van der Waals surface area contributed by atoms with Crippen molar-refractivity contribution in [1.82, 2.24) is 9.97 Å². The average molecular weight is 281 g/mol. The zero-order valence-corrected chi connectivity index (χ0v) is 10.6. The summed E-state index contributed by atoms with van der Waals surface area (Å²) >= 11 is 0. The third-order valence-corrected chi connectivity index (χ3v) is 2.34. The van der Waals surface area contributed by atoms with Crippen molar-refractivity contribution < 1.29 is 13.5 Å². The fraction of sp³-hybridized carbons (Fsp3) is 0.167. The van der Waals surface area contributed by atoms with Crippen LogP contribution in [-0.4, -0.2) is 16.6 Å². The van der Waals surface area contributed by atoms with Crippen LogP contribution in [0.5, 0.6) is 5.75 Å². The molecule has 106 valence electrons. The van der Waals surface area contributed by atoms with E-state index in [2.05, 4.69) is 25.4 Å². The summed E-state index contributed by atoms with van der Waals surface area (Å²) in [6.07, 6.45) is 0. The molecule has 0 bridgehead atoms. The summed E-state index contributed by atoms with van der Waals surface area (Å²) in [7, 11) is 0. The van der Waals surface area contributed by atoms with Crippen LogP contribution in [0.2, 0.25) is 0 Å². The number of alkyl halides is 2. The van der Waals surface area contributed by atoms with E-state index < -0.39 is 6.61 Å². The third kappa shape index (κ3) is 3.75. The van der Waals surface area contributed by atoms with Crippen molar-refractivity contribution in [2.45, 2.75) is 13.5 Å². The van der Waals surface area contributed by atoms with Gasteiger partial charge in [-0.15, -0.1) is 0 Å². The maximum absolute atomic E-state index is 12.0. The van der Waals surface area contributed by atoms with Crippen molar-refractivity contribution in [3.05, 3.63) is 36.0 Å². The third-order valence-electron chi connectivity index (χ3n) is 2.34. The van der Waals surface area contributed by atoms with E-state index in [0.29, 0.717) is 11.5 Å². The van der Waals surface area contributed by atoms with Gasteiger partial charge in [0.2, 0.25) is 5.95 Å². The fourth-order valence-electron chi connectivity index (χ4n) is 1.56. The molecule has 8 heteroatoms. The van der Waals surface area contributed by atoms with Crippen LogP contribution in [0.3, 0.4) is 0 Å². The second kappa shape index (κ2) is 6.11. The number of nitrogens with one attached hydrogen (secondary N) is 2. The Bertz CT molecular complexity index is 577. The molecule has 0 saturated heterocycles. The van der Waals surface area contributed by atoms with E-state index in [-0.39, 0.29) is 11.7 Å². The number of aryl methyl sites for hydroxylation is 1. The smallest absolute Gasteiger partial charge is 0.387 e. The van der Waals surface area contributed by atoms with E-state index in [9.17, 15) is 8.78 Å². The lowest BCUT2D eigenvalue weighted by molar-refractivity contribution is -0.0498. The van der Waals surface area contributed by atoms with Gasteiger partial charge in [-0.05, 0) is 31.2 Å². The van der Waals surface area contributed by atoms with E-state index in [4.69, 9.17) is 5.84 Å². The molecule has 1 heterocycles. The van der Waals surface area contributed by atoms with E-state index >= 15 is 0 Å². The largest absolute Gasteiger partial charge is 0.435 e. The van der Waals surface area contributed by atoms with Crippen LogP contribution in [0.4, 0.5) is 26.2 Å². The molecule has 0 radical (unpaired) electrons.